The molecule has 0 aromatic heterocycles. The van der Waals surface area contributed by atoms with Crippen molar-refractivity contribution in [2.24, 2.45) is 0 Å². The molecule has 0 spiro atoms. The second kappa shape index (κ2) is 6.93. The number of nitrogens with zero attached hydrogens (tertiary/aromatic N) is 1. The van der Waals surface area contributed by atoms with Crippen molar-refractivity contribution in [3.63, 3.8) is 0 Å². The van der Waals surface area contributed by atoms with E-state index < -0.39 is 0 Å². The Morgan fingerprint density at radius 1 is 1.13 bits per heavy atom. The Balaban J connectivity index is 1.74. The van der Waals surface area contributed by atoms with Gasteiger partial charge >= 0.3 is 0 Å². The zero-order chi connectivity index (χ0) is 16.2. The van der Waals surface area contributed by atoms with Gasteiger partial charge in [-0.2, -0.15) is 0 Å². The molecule has 6 heteroatoms. The van der Waals surface area contributed by atoms with E-state index in [1.807, 2.05) is 30.3 Å². The molecule has 0 radical (unpaired) electrons. The maximum atomic E-state index is 13.7. The van der Waals surface area contributed by atoms with Gasteiger partial charge in [-0.3, -0.25) is 9.69 Å². The van der Waals surface area contributed by atoms with Crippen LogP contribution in [-0.4, -0.2) is 21.8 Å². The van der Waals surface area contributed by atoms with E-state index in [0.717, 1.165) is 5.69 Å². The van der Waals surface area contributed by atoms with Crippen molar-refractivity contribution in [2.45, 2.75) is 0 Å². The normalized spacial score (nSPS) is 16.2. The topological polar surface area (TPSA) is 32.3 Å². The number of thiocarbonyl (C=S) groups is 1. The molecule has 2 aromatic rings. The van der Waals surface area contributed by atoms with Gasteiger partial charge in [-0.25, -0.2) is 4.39 Å². The molecule has 1 N–H and O–H groups in total. The molecule has 0 saturated carbocycles. The molecule has 116 valence electrons. The maximum absolute atomic E-state index is 13.7. The average Bonchev–Trinajstić information content (AvgIpc) is 2.82. The van der Waals surface area contributed by atoms with Gasteiger partial charge in [0.25, 0.3) is 5.91 Å². The van der Waals surface area contributed by atoms with E-state index in [1.54, 1.807) is 18.2 Å². The molecule has 1 fully saturated rings. The number of nitrogens with one attached hydrogen (secondary N) is 1. The van der Waals surface area contributed by atoms with Crippen molar-refractivity contribution in [1.29, 1.82) is 0 Å². The van der Waals surface area contributed by atoms with Crippen LogP contribution in [0.15, 0.2) is 59.5 Å². The molecule has 1 aliphatic heterocycles. The summed E-state index contributed by atoms with van der Waals surface area (Å²) < 4.78 is 14.2. The first-order chi connectivity index (χ1) is 11.1. The highest BCUT2D eigenvalue weighted by Gasteiger charge is 2.31. The van der Waals surface area contributed by atoms with E-state index in [-0.39, 0.29) is 18.4 Å². The Bertz CT molecular complexity index is 777. The van der Waals surface area contributed by atoms with Crippen LogP contribution in [0.3, 0.4) is 0 Å². The smallest absolute Gasteiger partial charge is 0.267 e. The number of halogens is 1. The zero-order valence-electron chi connectivity index (χ0n) is 12.0. The summed E-state index contributed by atoms with van der Waals surface area (Å²) in [6, 6.07) is 15.9. The molecule has 1 saturated heterocycles. The van der Waals surface area contributed by atoms with E-state index in [2.05, 4.69) is 5.32 Å². The summed E-state index contributed by atoms with van der Waals surface area (Å²) in [5.74, 6) is -0.577. The van der Waals surface area contributed by atoms with Crippen molar-refractivity contribution < 1.29 is 9.18 Å². The quantitative estimate of drug-likeness (QED) is 0.669. The number of para-hydroxylation sites is 1. The summed E-state index contributed by atoms with van der Waals surface area (Å²) in [5.41, 5.74) is 1.28. The molecule has 0 aliphatic carbocycles. The van der Waals surface area contributed by atoms with Crippen molar-refractivity contribution in [1.82, 2.24) is 4.90 Å². The molecular formula is C17H13FN2OS2. The van der Waals surface area contributed by atoms with Gasteiger partial charge in [0, 0.05) is 11.3 Å². The third kappa shape index (κ3) is 3.60. The molecule has 0 atom stereocenters. The number of thioether (sulfide) groups is 1. The molecule has 3 rings (SSSR count). The van der Waals surface area contributed by atoms with Gasteiger partial charge in [0.2, 0.25) is 0 Å². The van der Waals surface area contributed by atoms with Crippen LogP contribution >= 0.6 is 24.0 Å². The van der Waals surface area contributed by atoms with Crippen LogP contribution in [0.2, 0.25) is 0 Å². The van der Waals surface area contributed by atoms with Crippen LogP contribution in [0.1, 0.15) is 5.56 Å². The highest BCUT2D eigenvalue weighted by Crippen LogP contribution is 2.32. The Morgan fingerprint density at radius 3 is 2.57 bits per heavy atom. The summed E-state index contributed by atoms with van der Waals surface area (Å²) in [5, 5.41) is 3.15. The Hall–Kier alpha value is -2.18. The first-order valence-corrected chi connectivity index (χ1v) is 8.16. The van der Waals surface area contributed by atoms with E-state index >= 15 is 0 Å². The Kier molecular flexibility index (Phi) is 4.73. The van der Waals surface area contributed by atoms with E-state index in [4.69, 9.17) is 12.2 Å². The SMILES string of the molecule is O=C1C(=Cc2ccccc2F)SC(=S)N1CNc1ccccc1. The summed E-state index contributed by atoms with van der Waals surface area (Å²) >= 11 is 6.44. The van der Waals surface area contributed by atoms with Crippen LogP contribution in [0.25, 0.3) is 6.08 Å². The molecular weight excluding hydrogens is 331 g/mol. The fraction of sp³-hybridized carbons (Fsp3) is 0.0588. The van der Waals surface area contributed by atoms with Crippen molar-refractivity contribution in [3.05, 3.63) is 70.9 Å². The van der Waals surface area contributed by atoms with E-state index in [9.17, 15) is 9.18 Å². The maximum Gasteiger partial charge on any atom is 0.267 e. The number of benzene rings is 2. The highest BCUT2D eigenvalue weighted by molar-refractivity contribution is 8.26. The summed E-state index contributed by atoms with van der Waals surface area (Å²) in [6.07, 6.45) is 1.54. The van der Waals surface area contributed by atoms with Crippen molar-refractivity contribution in [3.8, 4) is 0 Å². The number of amides is 1. The van der Waals surface area contributed by atoms with Crippen LogP contribution in [0.4, 0.5) is 10.1 Å². The molecule has 1 aliphatic rings. The fourth-order valence-corrected chi connectivity index (χ4v) is 3.34. The lowest BCUT2D eigenvalue weighted by Gasteiger charge is -2.16. The lowest BCUT2D eigenvalue weighted by Crippen LogP contribution is -2.33. The van der Waals surface area contributed by atoms with Gasteiger partial charge < -0.3 is 5.32 Å². The van der Waals surface area contributed by atoms with Gasteiger partial charge in [-0.15, -0.1) is 0 Å². The zero-order valence-corrected chi connectivity index (χ0v) is 13.7. The van der Waals surface area contributed by atoms with Gasteiger partial charge in [-0.1, -0.05) is 60.4 Å². The number of anilines is 1. The molecule has 1 amide bonds. The minimum absolute atomic E-state index is 0.216. The molecule has 23 heavy (non-hydrogen) atoms. The highest BCUT2D eigenvalue weighted by atomic mass is 32.2. The predicted octanol–water partition coefficient (Wildman–Crippen LogP) is 4.10. The first kappa shape index (κ1) is 15.7. The Labute approximate surface area is 143 Å². The van der Waals surface area contributed by atoms with Crippen molar-refractivity contribution >= 4 is 46.0 Å². The number of rotatable bonds is 4. The summed E-state index contributed by atoms with van der Waals surface area (Å²) in [4.78, 5) is 14.3. The predicted molar refractivity (Wildman–Crippen MR) is 96.3 cm³/mol. The molecule has 2 aromatic carbocycles. The van der Waals surface area contributed by atoms with Gasteiger partial charge in [0.15, 0.2) is 0 Å². The van der Waals surface area contributed by atoms with Gasteiger partial charge in [-0.05, 0) is 24.3 Å². The lowest BCUT2D eigenvalue weighted by atomic mass is 10.2. The van der Waals surface area contributed by atoms with Crippen molar-refractivity contribution in [2.75, 3.05) is 12.0 Å². The molecule has 3 nitrogen and oxygen atoms in total. The van der Waals surface area contributed by atoms with Crippen LogP contribution < -0.4 is 5.32 Å². The average molecular weight is 344 g/mol. The van der Waals surface area contributed by atoms with Gasteiger partial charge in [0.05, 0.1) is 11.6 Å². The second-order valence-corrected chi connectivity index (χ2v) is 6.51. The Morgan fingerprint density at radius 2 is 1.83 bits per heavy atom. The summed E-state index contributed by atoms with van der Waals surface area (Å²) in [6.45, 7) is 0.281. The second-order valence-electron chi connectivity index (χ2n) is 4.83. The minimum atomic E-state index is -0.361. The number of hydrogen-bond acceptors (Lipinski definition) is 4. The summed E-state index contributed by atoms with van der Waals surface area (Å²) in [7, 11) is 0. The molecule has 1 heterocycles. The standard InChI is InChI=1S/C17H13FN2OS2/c18-14-9-5-4-6-12(14)10-15-16(21)20(17(22)23-15)11-19-13-7-2-1-3-8-13/h1-10,19H,11H2. The van der Waals surface area contributed by atoms with Gasteiger partial charge in [0.1, 0.15) is 10.1 Å². The van der Waals surface area contributed by atoms with Crippen LogP contribution in [-0.2, 0) is 4.79 Å². The number of hydrogen-bond donors (Lipinski definition) is 1. The lowest BCUT2D eigenvalue weighted by molar-refractivity contribution is -0.121. The van der Waals surface area contributed by atoms with Crippen LogP contribution in [0, 0.1) is 5.82 Å². The minimum Gasteiger partial charge on any atom is -0.367 e. The largest absolute Gasteiger partial charge is 0.367 e. The molecule has 0 unspecified atom stereocenters. The third-order valence-electron chi connectivity index (χ3n) is 3.28. The monoisotopic (exact) mass is 344 g/mol. The first-order valence-electron chi connectivity index (χ1n) is 6.94. The fourth-order valence-electron chi connectivity index (χ4n) is 2.10. The number of carbonyl (C=O) groups is 1. The van der Waals surface area contributed by atoms with E-state index in [0.29, 0.717) is 14.8 Å². The van der Waals surface area contributed by atoms with E-state index in [1.165, 1.54) is 28.8 Å². The molecule has 0 bridgehead atoms. The van der Waals surface area contributed by atoms with Crippen LogP contribution in [0.5, 0.6) is 0 Å². The third-order valence-corrected chi connectivity index (χ3v) is 4.66. The number of carbonyl (C=O) groups excluding carboxylic acids is 1.